The third-order valence-corrected chi connectivity index (χ3v) is 3.21. The number of hydrogen-bond acceptors (Lipinski definition) is 1. The van der Waals surface area contributed by atoms with Crippen molar-refractivity contribution in [2.75, 3.05) is 13.1 Å². The van der Waals surface area contributed by atoms with Crippen LogP contribution in [0, 0.1) is 0 Å². The van der Waals surface area contributed by atoms with E-state index in [1.54, 1.807) is 0 Å². The zero-order valence-corrected chi connectivity index (χ0v) is 13.4. The van der Waals surface area contributed by atoms with Gasteiger partial charge in [-0.15, -0.1) is 0 Å². The van der Waals surface area contributed by atoms with Crippen LogP contribution in [0.1, 0.15) is 46.5 Å². The highest BCUT2D eigenvalue weighted by Gasteiger charge is 2.22. The van der Waals surface area contributed by atoms with E-state index < -0.39 is 10.9 Å². The third-order valence-electron chi connectivity index (χ3n) is 2.82. The molecule has 0 aromatic heterocycles. The molecule has 1 saturated heterocycles. The fourth-order valence-corrected chi connectivity index (χ4v) is 2.38. The normalized spacial score (nSPS) is 18.4. The molecule has 110 valence electrons. The summed E-state index contributed by atoms with van der Waals surface area (Å²) in [6.45, 7) is 7.44. The Labute approximate surface area is 125 Å². The maximum Gasteiger partial charge on any atom is 0.343 e. The summed E-state index contributed by atoms with van der Waals surface area (Å²) in [5.74, 6) is 0.465. The molecular weight excluding hydrogens is 285 g/mol. The number of urea groups is 1. The number of nitrogens with zero attached hydrogens (tertiary/aromatic N) is 2. The van der Waals surface area contributed by atoms with E-state index in [1.807, 2.05) is 25.7 Å². The van der Waals surface area contributed by atoms with Crippen LogP contribution in [0.15, 0.2) is 4.99 Å². The minimum atomic E-state index is -0.774. The lowest BCUT2D eigenvalue weighted by molar-refractivity contribution is 0.240. The Morgan fingerprint density at radius 3 is 2.11 bits per heavy atom. The molecular formula is C13H23Cl2N3O. The summed E-state index contributed by atoms with van der Waals surface area (Å²) < 4.78 is 0. The fourth-order valence-electron chi connectivity index (χ4n) is 2.01. The molecule has 0 saturated carbocycles. The van der Waals surface area contributed by atoms with Crippen molar-refractivity contribution in [3.05, 3.63) is 0 Å². The second-order valence-corrected chi connectivity index (χ2v) is 6.95. The molecule has 2 amide bonds. The van der Waals surface area contributed by atoms with E-state index in [9.17, 15) is 4.79 Å². The number of carbonyl (C=O) groups is 1. The van der Waals surface area contributed by atoms with Crippen LogP contribution >= 0.6 is 23.2 Å². The first kappa shape index (κ1) is 16.6. The number of alkyl halides is 2. The lowest BCUT2D eigenvalue weighted by Crippen LogP contribution is -2.42. The number of nitrogens with one attached hydrogen (secondary N) is 1. The smallest absolute Gasteiger partial charge is 0.343 e. The van der Waals surface area contributed by atoms with Gasteiger partial charge in [-0.3, -0.25) is 0 Å². The molecule has 0 atom stereocenters. The van der Waals surface area contributed by atoms with Crippen LogP contribution in [0.5, 0.6) is 0 Å². The van der Waals surface area contributed by atoms with E-state index >= 15 is 0 Å². The average Bonchev–Trinajstić information content (AvgIpc) is 2.51. The Morgan fingerprint density at radius 1 is 1.16 bits per heavy atom. The minimum Gasteiger partial charge on any atom is -0.358 e. The van der Waals surface area contributed by atoms with Gasteiger partial charge in [0.15, 0.2) is 4.84 Å². The molecule has 1 N–H and O–H groups in total. The summed E-state index contributed by atoms with van der Waals surface area (Å²) in [5, 5.41) is 2.79. The fraction of sp³-hybridized carbons (Fsp3) is 0.846. The van der Waals surface area contributed by atoms with Gasteiger partial charge in [0.05, 0.1) is 0 Å². The molecule has 1 aliphatic rings. The van der Waals surface area contributed by atoms with Gasteiger partial charge in [0, 0.05) is 18.6 Å². The van der Waals surface area contributed by atoms with Crippen molar-refractivity contribution >= 4 is 35.1 Å². The van der Waals surface area contributed by atoms with Crippen LogP contribution in [-0.4, -0.2) is 40.2 Å². The van der Waals surface area contributed by atoms with E-state index in [1.165, 1.54) is 12.8 Å². The number of carbonyl (C=O) groups excluding carboxylic acids is 1. The molecule has 0 aromatic carbocycles. The highest BCUT2D eigenvalue weighted by molar-refractivity contribution is 6.54. The van der Waals surface area contributed by atoms with Gasteiger partial charge in [0.2, 0.25) is 0 Å². The monoisotopic (exact) mass is 307 g/mol. The lowest BCUT2D eigenvalue weighted by atomic mass is 10.1. The summed E-state index contributed by atoms with van der Waals surface area (Å²) in [6.07, 6.45) is 4.57. The molecule has 1 rings (SSSR count). The number of halogens is 2. The van der Waals surface area contributed by atoms with Crippen molar-refractivity contribution in [2.45, 2.75) is 56.8 Å². The van der Waals surface area contributed by atoms with Crippen LogP contribution in [0.25, 0.3) is 0 Å². The van der Waals surface area contributed by atoms with Gasteiger partial charge in [-0.25, -0.2) is 4.79 Å². The molecule has 0 bridgehead atoms. The molecule has 6 heteroatoms. The van der Waals surface area contributed by atoms with Gasteiger partial charge in [0.25, 0.3) is 0 Å². The zero-order chi connectivity index (χ0) is 14.5. The zero-order valence-electron chi connectivity index (χ0n) is 11.9. The lowest BCUT2D eigenvalue weighted by Gasteiger charge is -2.25. The summed E-state index contributed by atoms with van der Waals surface area (Å²) in [5.41, 5.74) is -0.321. The molecule has 0 aliphatic carbocycles. The summed E-state index contributed by atoms with van der Waals surface area (Å²) in [4.78, 5) is 17.2. The Bertz CT molecular complexity index is 329. The van der Waals surface area contributed by atoms with Crippen LogP contribution in [-0.2, 0) is 0 Å². The number of hydrogen-bond donors (Lipinski definition) is 1. The molecule has 0 unspecified atom stereocenters. The molecule has 1 fully saturated rings. The third kappa shape index (κ3) is 6.48. The van der Waals surface area contributed by atoms with Crippen molar-refractivity contribution < 1.29 is 4.79 Å². The van der Waals surface area contributed by atoms with Gasteiger partial charge in [-0.2, -0.15) is 4.99 Å². The van der Waals surface area contributed by atoms with Gasteiger partial charge < -0.3 is 10.2 Å². The first-order chi connectivity index (χ1) is 8.79. The molecule has 1 aliphatic heterocycles. The first-order valence-electron chi connectivity index (χ1n) is 6.73. The standard InChI is InChI=1S/C13H23Cl2N3O/c1-13(2,3)17-12(19)16-11(10(14)15)18-8-6-4-5-7-9-18/h10H,4-9H2,1-3H3,(H,17,19)/b16-11-. The first-order valence-corrected chi connectivity index (χ1v) is 7.61. The van der Waals surface area contributed by atoms with Gasteiger partial charge in [0.1, 0.15) is 5.84 Å². The van der Waals surface area contributed by atoms with Crippen LogP contribution in [0.4, 0.5) is 4.79 Å². The topological polar surface area (TPSA) is 44.7 Å². The minimum absolute atomic E-state index is 0.321. The van der Waals surface area contributed by atoms with Crippen LogP contribution in [0.2, 0.25) is 0 Å². The van der Waals surface area contributed by atoms with Gasteiger partial charge >= 0.3 is 6.03 Å². The average molecular weight is 308 g/mol. The van der Waals surface area contributed by atoms with Gasteiger partial charge in [-0.05, 0) is 33.6 Å². The Kier molecular flexibility index (Phi) is 6.40. The largest absolute Gasteiger partial charge is 0.358 e. The van der Waals surface area contributed by atoms with Crippen molar-refractivity contribution in [3.8, 4) is 0 Å². The maximum absolute atomic E-state index is 11.9. The predicted molar refractivity (Wildman–Crippen MR) is 81.3 cm³/mol. The Morgan fingerprint density at radius 2 is 1.68 bits per heavy atom. The van der Waals surface area contributed by atoms with Crippen molar-refractivity contribution in [2.24, 2.45) is 4.99 Å². The number of amides is 2. The quantitative estimate of drug-likeness (QED) is 0.457. The number of rotatable bonds is 1. The number of aliphatic imine (C=N–C) groups is 1. The van der Waals surface area contributed by atoms with Crippen LogP contribution < -0.4 is 5.32 Å². The summed E-state index contributed by atoms with van der Waals surface area (Å²) in [6, 6.07) is -0.391. The molecule has 0 spiro atoms. The number of amidine groups is 1. The highest BCUT2D eigenvalue weighted by atomic mass is 35.5. The van der Waals surface area contributed by atoms with E-state index in [4.69, 9.17) is 23.2 Å². The second kappa shape index (κ2) is 7.34. The van der Waals surface area contributed by atoms with Crippen molar-refractivity contribution in [3.63, 3.8) is 0 Å². The van der Waals surface area contributed by atoms with Crippen LogP contribution in [0.3, 0.4) is 0 Å². The van der Waals surface area contributed by atoms with Crippen molar-refractivity contribution in [1.82, 2.24) is 10.2 Å². The van der Waals surface area contributed by atoms with Gasteiger partial charge in [-0.1, -0.05) is 36.0 Å². The number of likely N-dealkylation sites (tertiary alicyclic amines) is 1. The van der Waals surface area contributed by atoms with E-state index in [2.05, 4.69) is 10.3 Å². The van der Waals surface area contributed by atoms with E-state index in [0.29, 0.717) is 5.84 Å². The molecule has 4 nitrogen and oxygen atoms in total. The molecule has 0 radical (unpaired) electrons. The summed E-state index contributed by atoms with van der Waals surface area (Å²) in [7, 11) is 0. The Hall–Kier alpha value is -0.480. The predicted octanol–water partition coefficient (Wildman–Crippen LogP) is 3.57. The van der Waals surface area contributed by atoms with E-state index in [-0.39, 0.29) is 5.54 Å². The SMILES string of the molecule is CC(C)(C)NC(=O)/N=C(/C(Cl)Cl)N1CCCCCC1. The highest BCUT2D eigenvalue weighted by Crippen LogP contribution is 2.16. The van der Waals surface area contributed by atoms with Crippen molar-refractivity contribution in [1.29, 1.82) is 0 Å². The molecule has 0 aromatic rings. The summed E-state index contributed by atoms with van der Waals surface area (Å²) >= 11 is 11.9. The second-order valence-electron chi connectivity index (χ2n) is 5.85. The maximum atomic E-state index is 11.9. The molecule has 1 heterocycles. The Balaban J connectivity index is 2.77. The van der Waals surface area contributed by atoms with E-state index in [0.717, 1.165) is 25.9 Å². The molecule has 19 heavy (non-hydrogen) atoms.